The number of anilines is 1. The maximum Gasteiger partial charge on any atom is 0.225 e. The molecule has 0 unspecified atom stereocenters. The minimum Gasteiger partial charge on any atom is -0.497 e. The van der Waals surface area contributed by atoms with E-state index < -0.39 is 0 Å². The topological polar surface area (TPSA) is 77.2 Å². The van der Waals surface area contributed by atoms with Gasteiger partial charge in [0.05, 0.1) is 7.11 Å². The van der Waals surface area contributed by atoms with Crippen molar-refractivity contribution in [3.63, 3.8) is 0 Å². The van der Waals surface area contributed by atoms with Crippen LogP contribution in [0.4, 0.5) is 5.82 Å². The van der Waals surface area contributed by atoms with Crippen LogP contribution in [0.15, 0.2) is 22.8 Å². The summed E-state index contributed by atoms with van der Waals surface area (Å²) >= 11 is 0. The summed E-state index contributed by atoms with van der Waals surface area (Å²) in [5, 5.41) is 10.4. The Bertz CT molecular complexity index is 635. The number of nitrogens with zero attached hydrogens (tertiary/aromatic N) is 2. The SMILES string of the molecule is COc1ccc(-c2nonc2NC(=O)CC(C)C)c(C)c1. The highest BCUT2D eigenvalue weighted by Crippen LogP contribution is 2.30. The molecule has 1 heterocycles. The molecule has 0 aliphatic heterocycles. The van der Waals surface area contributed by atoms with Gasteiger partial charge in [-0.15, -0.1) is 0 Å². The summed E-state index contributed by atoms with van der Waals surface area (Å²) in [7, 11) is 1.61. The molecule has 0 spiro atoms. The first-order chi connectivity index (χ1) is 10.0. The Kier molecular flexibility index (Phi) is 4.57. The number of amides is 1. The van der Waals surface area contributed by atoms with Crippen molar-refractivity contribution in [1.29, 1.82) is 0 Å². The van der Waals surface area contributed by atoms with E-state index in [1.54, 1.807) is 7.11 Å². The fourth-order valence-corrected chi connectivity index (χ4v) is 2.03. The van der Waals surface area contributed by atoms with E-state index in [4.69, 9.17) is 9.37 Å². The van der Waals surface area contributed by atoms with E-state index in [9.17, 15) is 4.79 Å². The quantitative estimate of drug-likeness (QED) is 0.915. The van der Waals surface area contributed by atoms with Crippen molar-refractivity contribution in [2.75, 3.05) is 12.4 Å². The highest BCUT2D eigenvalue weighted by molar-refractivity contribution is 5.93. The molecular weight excluding hydrogens is 270 g/mol. The van der Waals surface area contributed by atoms with Crippen molar-refractivity contribution in [2.45, 2.75) is 27.2 Å². The van der Waals surface area contributed by atoms with E-state index in [-0.39, 0.29) is 11.8 Å². The van der Waals surface area contributed by atoms with E-state index in [1.165, 1.54) is 0 Å². The molecule has 0 aliphatic carbocycles. The van der Waals surface area contributed by atoms with Gasteiger partial charge in [0.1, 0.15) is 5.75 Å². The van der Waals surface area contributed by atoms with Crippen LogP contribution in [-0.4, -0.2) is 23.3 Å². The van der Waals surface area contributed by atoms with E-state index in [1.807, 2.05) is 39.0 Å². The van der Waals surface area contributed by atoms with Gasteiger partial charge in [0.15, 0.2) is 5.69 Å². The number of carbonyl (C=O) groups is 1. The predicted molar refractivity (Wildman–Crippen MR) is 79.1 cm³/mol. The average molecular weight is 289 g/mol. The van der Waals surface area contributed by atoms with Gasteiger partial charge >= 0.3 is 0 Å². The molecular formula is C15H19N3O3. The van der Waals surface area contributed by atoms with Crippen LogP contribution in [0.1, 0.15) is 25.8 Å². The Morgan fingerprint density at radius 1 is 1.38 bits per heavy atom. The predicted octanol–water partition coefficient (Wildman–Crippen LogP) is 3.04. The second-order valence-electron chi connectivity index (χ2n) is 5.29. The average Bonchev–Trinajstić information content (AvgIpc) is 2.85. The molecule has 2 rings (SSSR count). The monoisotopic (exact) mass is 289 g/mol. The van der Waals surface area contributed by atoms with E-state index in [0.717, 1.165) is 16.9 Å². The Hall–Kier alpha value is -2.37. The number of carbonyl (C=O) groups excluding carboxylic acids is 1. The van der Waals surface area contributed by atoms with Crippen LogP contribution in [0.25, 0.3) is 11.3 Å². The molecule has 0 bridgehead atoms. The summed E-state index contributed by atoms with van der Waals surface area (Å²) in [6.07, 6.45) is 0.424. The summed E-state index contributed by atoms with van der Waals surface area (Å²) in [4.78, 5) is 11.8. The molecule has 0 saturated carbocycles. The van der Waals surface area contributed by atoms with E-state index >= 15 is 0 Å². The molecule has 1 aromatic heterocycles. The van der Waals surface area contributed by atoms with Gasteiger partial charge in [-0.25, -0.2) is 4.63 Å². The summed E-state index contributed by atoms with van der Waals surface area (Å²) in [5.41, 5.74) is 2.33. The summed E-state index contributed by atoms with van der Waals surface area (Å²) < 4.78 is 9.95. The lowest BCUT2D eigenvalue weighted by Crippen LogP contribution is -2.14. The molecule has 1 amide bonds. The smallest absolute Gasteiger partial charge is 0.225 e. The molecule has 1 aromatic carbocycles. The zero-order valence-corrected chi connectivity index (χ0v) is 12.6. The molecule has 0 fully saturated rings. The van der Waals surface area contributed by atoms with Crippen molar-refractivity contribution in [3.05, 3.63) is 23.8 Å². The Morgan fingerprint density at radius 2 is 2.14 bits per heavy atom. The molecule has 1 N–H and O–H groups in total. The zero-order chi connectivity index (χ0) is 15.4. The number of hydrogen-bond acceptors (Lipinski definition) is 5. The van der Waals surface area contributed by atoms with Crippen molar-refractivity contribution in [1.82, 2.24) is 10.3 Å². The first-order valence-electron chi connectivity index (χ1n) is 6.78. The van der Waals surface area contributed by atoms with Gasteiger partial charge in [-0.3, -0.25) is 4.79 Å². The molecule has 0 aliphatic rings. The molecule has 0 saturated heterocycles. The van der Waals surface area contributed by atoms with Crippen molar-refractivity contribution < 1.29 is 14.2 Å². The van der Waals surface area contributed by atoms with Crippen LogP contribution >= 0.6 is 0 Å². The first-order valence-corrected chi connectivity index (χ1v) is 6.78. The second kappa shape index (κ2) is 6.39. The molecule has 6 nitrogen and oxygen atoms in total. The minimum atomic E-state index is -0.104. The number of benzene rings is 1. The third-order valence-corrected chi connectivity index (χ3v) is 3.03. The van der Waals surface area contributed by atoms with Gasteiger partial charge in [-0.05, 0) is 46.9 Å². The van der Waals surface area contributed by atoms with Crippen LogP contribution in [0.2, 0.25) is 0 Å². The number of nitrogens with one attached hydrogen (secondary N) is 1. The number of ether oxygens (including phenoxy) is 1. The van der Waals surface area contributed by atoms with Crippen LogP contribution < -0.4 is 10.1 Å². The molecule has 2 aromatic rings. The molecule has 21 heavy (non-hydrogen) atoms. The number of rotatable bonds is 5. The lowest BCUT2D eigenvalue weighted by Gasteiger charge is -2.08. The van der Waals surface area contributed by atoms with Gasteiger partial charge in [0.2, 0.25) is 11.7 Å². The lowest BCUT2D eigenvalue weighted by molar-refractivity contribution is -0.116. The molecule has 112 valence electrons. The van der Waals surface area contributed by atoms with E-state index in [2.05, 4.69) is 15.6 Å². The van der Waals surface area contributed by atoms with Crippen molar-refractivity contribution >= 4 is 11.7 Å². The second-order valence-corrected chi connectivity index (χ2v) is 5.29. The van der Waals surface area contributed by atoms with Gasteiger partial charge in [0, 0.05) is 12.0 Å². The summed E-state index contributed by atoms with van der Waals surface area (Å²) in [5.74, 6) is 1.27. The summed E-state index contributed by atoms with van der Waals surface area (Å²) in [6, 6.07) is 5.59. The maximum absolute atomic E-state index is 11.8. The number of aromatic nitrogens is 2. The van der Waals surface area contributed by atoms with E-state index in [0.29, 0.717) is 17.9 Å². The Balaban J connectivity index is 2.26. The normalized spacial score (nSPS) is 10.7. The highest BCUT2D eigenvalue weighted by atomic mass is 16.6. The van der Waals surface area contributed by atoms with Crippen molar-refractivity contribution in [2.24, 2.45) is 5.92 Å². The van der Waals surface area contributed by atoms with Gasteiger partial charge in [-0.1, -0.05) is 13.8 Å². The van der Waals surface area contributed by atoms with Crippen LogP contribution in [0.5, 0.6) is 5.75 Å². The van der Waals surface area contributed by atoms with Gasteiger partial charge < -0.3 is 10.1 Å². The Labute approximate surface area is 123 Å². The maximum atomic E-state index is 11.8. The number of aryl methyl sites for hydroxylation is 1. The highest BCUT2D eigenvalue weighted by Gasteiger charge is 2.17. The summed E-state index contributed by atoms with van der Waals surface area (Å²) in [6.45, 7) is 5.90. The molecule has 0 radical (unpaired) electrons. The minimum absolute atomic E-state index is 0.104. The van der Waals surface area contributed by atoms with Crippen molar-refractivity contribution in [3.8, 4) is 17.0 Å². The zero-order valence-electron chi connectivity index (χ0n) is 12.6. The number of hydrogen-bond donors (Lipinski definition) is 1. The fraction of sp³-hybridized carbons (Fsp3) is 0.400. The lowest BCUT2D eigenvalue weighted by atomic mass is 10.1. The van der Waals surface area contributed by atoms with Crippen LogP contribution in [-0.2, 0) is 4.79 Å². The van der Waals surface area contributed by atoms with Crippen LogP contribution in [0.3, 0.4) is 0 Å². The largest absolute Gasteiger partial charge is 0.497 e. The number of methoxy groups -OCH3 is 1. The molecule has 6 heteroatoms. The Morgan fingerprint density at radius 3 is 2.76 bits per heavy atom. The molecule has 0 atom stereocenters. The van der Waals surface area contributed by atoms with Crippen LogP contribution in [0, 0.1) is 12.8 Å². The van der Waals surface area contributed by atoms with Gasteiger partial charge in [0.25, 0.3) is 0 Å². The fourth-order valence-electron chi connectivity index (χ4n) is 2.03. The standard InChI is InChI=1S/C15H19N3O3/c1-9(2)7-13(19)16-15-14(17-21-18-15)12-6-5-11(20-4)8-10(12)3/h5-6,8-9H,7H2,1-4H3,(H,16,18,19). The third-order valence-electron chi connectivity index (χ3n) is 3.03. The van der Waals surface area contributed by atoms with Gasteiger partial charge in [-0.2, -0.15) is 0 Å². The first kappa shape index (κ1) is 15.0. The third kappa shape index (κ3) is 3.59.